The van der Waals surface area contributed by atoms with E-state index in [-0.39, 0.29) is 17.9 Å². The van der Waals surface area contributed by atoms with E-state index in [0.717, 1.165) is 52.1 Å². The number of nitrogens with one attached hydrogen (secondary N) is 1. The van der Waals surface area contributed by atoms with Gasteiger partial charge in [-0.25, -0.2) is 4.98 Å². The first kappa shape index (κ1) is 20.0. The highest BCUT2D eigenvalue weighted by atomic mass is 35.5. The number of halogens is 1. The first-order valence-corrected chi connectivity index (χ1v) is 10.1. The van der Waals surface area contributed by atoms with E-state index in [9.17, 15) is 9.59 Å². The largest absolute Gasteiger partial charge is 0.342 e. The maximum atomic E-state index is 12.5. The van der Waals surface area contributed by atoms with Crippen molar-refractivity contribution >= 4 is 29.2 Å². The third-order valence-electron chi connectivity index (χ3n) is 5.38. The van der Waals surface area contributed by atoms with Gasteiger partial charge in [0.15, 0.2) is 0 Å². The number of hydrogen-bond donors (Lipinski definition) is 1. The second-order valence-electron chi connectivity index (χ2n) is 7.28. The van der Waals surface area contributed by atoms with Crippen LogP contribution in [0.25, 0.3) is 0 Å². The van der Waals surface area contributed by atoms with Crippen LogP contribution in [0.2, 0.25) is 5.02 Å². The maximum Gasteiger partial charge on any atom is 0.242 e. The highest BCUT2D eigenvalue weighted by Crippen LogP contribution is 2.13. The predicted octanol–water partition coefficient (Wildman–Crippen LogP) is 1.69. The van der Waals surface area contributed by atoms with Gasteiger partial charge in [0, 0.05) is 45.5 Å². The lowest BCUT2D eigenvalue weighted by molar-refractivity contribution is -0.134. The standard InChI is InChI=1S/C19H28ClN5O2/c1-15(19(27)22-17-6-5-16(20)13-21-17)24-11-9-23(10-12-24)14-18(26)25-7-3-2-4-8-25/h5-6,13,15H,2-4,7-12,14H2,1H3,(H,21,22,27)/t15-/m1/s1. The van der Waals surface area contributed by atoms with Crippen molar-refractivity contribution in [3.05, 3.63) is 23.4 Å². The summed E-state index contributed by atoms with van der Waals surface area (Å²) in [6.07, 6.45) is 4.98. The molecule has 7 nitrogen and oxygen atoms in total. The van der Waals surface area contributed by atoms with E-state index in [0.29, 0.717) is 17.4 Å². The van der Waals surface area contributed by atoms with E-state index < -0.39 is 0 Å². The van der Waals surface area contributed by atoms with Crippen molar-refractivity contribution in [2.24, 2.45) is 0 Å². The van der Waals surface area contributed by atoms with E-state index in [1.165, 1.54) is 12.6 Å². The fraction of sp³-hybridized carbons (Fsp3) is 0.632. The number of piperidine rings is 1. The quantitative estimate of drug-likeness (QED) is 0.824. The molecule has 2 aliphatic rings. The van der Waals surface area contributed by atoms with Gasteiger partial charge in [0.25, 0.3) is 0 Å². The molecule has 0 aromatic carbocycles. The van der Waals surface area contributed by atoms with Crippen LogP contribution in [0.1, 0.15) is 26.2 Å². The van der Waals surface area contributed by atoms with Crippen molar-refractivity contribution < 1.29 is 9.59 Å². The fourth-order valence-electron chi connectivity index (χ4n) is 3.59. The lowest BCUT2D eigenvalue weighted by Gasteiger charge is -2.38. The van der Waals surface area contributed by atoms with Gasteiger partial charge >= 0.3 is 0 Å². The van der Waals surface area contributed by atoms with Gasteiger partial charge in [-0.05, 0) is 38.3 Å². The number of nitrogens with zero attached hydrogens (tertiary/aromatic N) is 4. The first-order valence-electron chi connectivity index (χ1n) is 9.69. The molecule has 0 aliphatic carbocycles. The van der Waals surface area contributed by atoms with Gasteiger partial charge < -0.3 is 10.2 Å². The minimum atomic E-state index is -0.248. The Morgan fingerprint density at radius 3 is 2.44 bits per heavy atom. The SMILES string of the molecule is C[C@H](C(=O)Nc1ccc(Cl)cn1)N1CCN(CC(=O)N2CCCCC2)CC1. The summed E-state index contributed by atoms with van der Waals surface area (Å²) in [7, 11) is 0. The summed E-state index contributed by atoms with van der Waals surface area (Å²) in [5, 5.41) is 3.37. The number of carbonyl (C=O) groups excluding carboxylic acids is 2. The lowest BCUT2D eigenvalue weighted by Crippen LogP contribution is -2.54. The number of carbonyl (C=O) groups is 2. The zero-order valence-electron chi connectivity index (χ0n) is 15.9. The number of rotatable bonds is 5. The van der Waals surface area contributed by atoms with Crippen molar-refractivity contribution in [2.45, 2.75) is 32.2 Å². The zero-order valence-corrected chi connectivity index (χ0v) is 16.6. The Hall–Kier alpha value is -1.70. The molecule has 2 fully saturated rings. The molecule has 148 valence electrons. The van der Waals surface area contributed by atoms with Crippen LogP contribution >= 0.6 is 11.6 Å². The van der Waals surface area contributed by atoms with Crippen molar-refractivity contribution in [3.8, 4) is 0 Å². The Morgan fingerprint density at radius 2 is 1.81 bits per heavy atom. The summed E-state index contributed by atoms with van der Waals surface area (Å²) in [4.78, 5) is 35.3. The monoisotopic (exact) mass is 393 g/mol. The van der Waals surface area contributed by atoms with Crippen LogP contribution in [0.5, 0.6) is 0 Å². The summed E-state index contributed by atoms with van der Waals surface area (Å²) in [6.45, 7) is 7.34. The lowest BCUT2D eigenvalue weighted by atomic mass is 10.1. The summed E-state index contributed by atoms with van der Waals surface area (Å²) >= 11 is 5.82. The molecule has 1 aromatic heterocycles. The molecule has 27 heavy (non-hydrogen) atoms. The highest BCUT2D eigenvalue weighted by Gasteiger charge is 2.27. The smallest absolute Gasteiger partial charge is 0.242 e. The van der Waals surface area contributed by atoms with Crippen LogP contribution in [-0.2, 0) is 9.59 Å². The van der Waals surface area contributed by atoms with Crippen LogP contribution in [0.3, 0.4) is 0 Å². The summed E-state index contributed by atoms with van der Waals surface area (Å²) in [6, 6.07) is 3.15. The molecule has 3 rings (SSSR count). The van der Waals surface area contributed by atoms with Crippen LogP contribution in [-0.4, -0.2) is 83.4 Å². The van der Waals surface area contributed by atoms with Gasteiger partial charge in [-0.2, -0.15) is 0 Å². The van der Waals surface area contributed by atoms with Gasteiger partial charge in [0.05, 0.1) is 17.6 Å². The first-order chi connectivity index (χ1) is 13.0. The van der Waals surface area contributed by atoms with Gasteiger partial charge in [-0.1, -0.05) is 11.6 Å². The molecule has 0 saturated carbocycles. The van der Waals surface area contributed by atoms with E-state index in [2.05, 4.69) is 20.1 Å². The molecule has 2 saturated heterocycles. The van der Waals surface area contributed by atoms with E-state index in [1.54, 1.807) is 12.1 Å². The molecule has 1 aromatic rings. The molecule has 1 atom stereocenters. The fourth-order valence-corrected chi connectivity index (χ4v) is 3.70. The molecule has 8 heteroatoms. The van der Waals surface area contributed by atoms with Gasteiger partial charge in [-0.15, -0.1) is 0 Å². The molecule has 2 amide bonds. The molecule has 3 heterocycles. The summed E-state index contributed by atoms with van der Waals surface area (Å²) in [5.74, 6) is 0.660. The van der Waals surface area contributed by atoms with E-state index in [4.69, 9.17) is 11.6 Å². The second kappa shape index (κ2) is 9.48. The molecule has 0 bridgehead atoms. The minimum absolute atomic E-state index is 0.0809. The number of pyridine rings is 1. The number of amides is 2. The third-order valence-corrected chi connectivity index (χ3v) is 5.60. The van der Waals surface area contributed by atoms with Gasteiger partial charge in [0.2, 0.25) is 11.8 Å². The van der Waals surface area contributed by atoms with Gasteiger partial charge in [-0.3, -0.25) is 19.4 Å². The molecular formula is C19H28ClN5O2. The third kappa shape index (κ3) is 5.64. The normalized spacial score (nSPS) is 20.3. The minimum Gasteiger partial charge on any atom is -0.342 e. The Kier molecular flexibility index (Phi) is 7.04. The van der Waals surface area contributed by atoms with E-state index >= 15 is 0 Å². The number of aromatic nitrogens is 1. The highest BCUT2D eigenvalue weighted by molar-refractivity contribution is 6.30. The Bertz CT molecular complexity index is 640. The predicted molar refractivity (Wildman–Crippen MR) is 106 cm³/mol. The van der Waals surface area contributed by atoms with Crippen molar-refractivity contribution in [3.63, 3.8) is 0 Å². The molecule has 0 unspecified atom stereocenters. The second-order valence-corrected chi connectivity index (χ2v) is 7.72. The Morgan fingerprint density at radius 1 is 1.11 bits per heavy atom. The zero-order chi connectivity index (χ0) is 19.2. The van der Waals surface area contributed by atoms with Gasteiger partial charge in [0.1, 0.15) is 5.82 Å². The average molecular weight is 394 g/mol. The maximum absolute atomic E-state index is 12.5. The number of piperazine rings is 1. The molecular weight excluding hydrogens is 366 g/mol. The Balaban J connectivity index is 1.43. The summed E-state index contributed by atoms with van der Waals surface area (Å²) in [5.41, 5.74) is 0. The number of hydrogen-bond acceptors (Lipinski definition) is 5. The molecule has 2 aliphatic heterocycles. The van der Waals surface area contributed by atoms with Crippen LogP contribution in [0.4, 0.5) is 5.82 Å². The topological polar surface area (TPSA) is 68.8 Å². The van der Waals surface area contributed by atoms with E-state index in [1.807, 2.05) is 11.8 Å². The van der Waals surface area contributed by atoms with Crippen molar-refractivity contribution in [1.82, 2.24) is 19.7 Å². The average Bonchev–Trinajstić information content (AvgIpc) is 2.70. The molecule has 1 N–H and O–H groups in total. The van der Waals surface area contributed by atoms with Crippen molar-refractivity contribution in [2.75, 3.05) is 51.1 Å². The summed E-state index contributed by atoms with van der Waals surface area (Å²) < 4.78 is 0. The van der Waals surface area contributed by atoms with Crippen LogP contribution in [0.15, 0.2) is 18.3 Å². The number of anilines is 1. The van der Waals surface area contributed by atoms with Crippen LogP contribution in [0, 0.1) is 0 Å². The molecule has 0 radical (unpaired) electrons. The Labute approximate surface area is 165 Å². The van der Waals surface area contributed by atoms with Crippen LogP contribution < -0.4 is 5.32 Å². The molecule has 0 spiro atoms. The number of likely N-dealkylation sites (tertiary alicyclic amines) is 1. The van der Waals surface area contributed by atoms with Crippen molar-refractivity contribution in [1.29, 1.82) is 0 Å².